The van der Waals surface area contributed by atoms with Gasteiger partial charge in [-0.15, -0.1) is 0 Å². The molecule has 0 spiro atoms. The SMILES string of the molecule is NC(c1ccco1)c1ccc(Br)cc1Cl. The molecule has 0 fully saturated rings. The molecule has 1 heterocycles. The highest BCUT2D eigenvalue weighted by atomic mass is 79.9. The fraction of sp³-hybridized carbons (Fsp3) is 0.0909. The van der Waals surface area contributed by atoms with Gasteiger partial charge in [-0.25, -0.2) is 0 Å². The van der Waals surface area contributed by atoms with Crippen LogP contribution in [0, 0.1) is 0 Å². The van der Waals surface area contributed by atoms with Crippen molar-refractivity contribution in [3.05, 3.63) is 57.4 Å². The van der Waals surface area contributed by atoms with Crippen molar-refractivity contribution >= 4 is 27.5 Å². The predicted molar refractivity (Wildman–Crippen MR) is 63.9 cm³/mol. The van der Waals surface area contributed by atoms with Gasteiger partial charge in [-0.2, -0.15) is 0 Å². The molecule has 0 saturated heterocycles. The second kappa shape index (κ2) is 4.39. The Morgan fingerprint density at radius 2 is 2.13 bits per heavy atom. The summed E-state index contributed by atoms with van der Waals surface area (Å²) in [5, 5.41) is 0.633. The van der Waals surface area contributed by atoms with E-state index in [9.17, 15) is 0 Å². The van der Waals surface area contributed by atoms with Crippen molar-refractivity contribution in [3.8, 4) is 0 Å². The summed E-state index contributed by atoms with van der Waals surface area (Å²) >= 11 is 9.44. The average molecular weight is 287 g/mol. The van der Waals surface area contributed by atoms with Gasteiger partial charge in [0.15, 0.2) is 0 Å². The minimum Gasteiger partial charge on any atom is -0.467 e. The Balaban J connectivity index is 2.38. The fourth-order valence-corrected chi connectivity index (χ4v) is 2.17. The number of rotatable bonds is 2. The van der Waals surface area contributed by atoms with E-state index in [1.807, 2.05) is 30.3 Å². The maximum absolute atomic E-state index is 6.09. The van der Waals surface area contributed by atoms with Gasteiger partial charge in [0.05, 0.1) is 12.3 Å². The molecule has 0 aliphatic rings. The highest BCUT2D eigenvalue weighted by Gasteiger charge is 2.14. The molecular weight excluding hydrogens is 277 g/mol. The number of halogens is 2. The lowest BCUT2D eigenvalue weighted by molar-refractivity contribution is 0.490. The zero-order valence-electron chi connectivity index (χ0n) is 7.78. The zero-order chi connectivity index (χ0) is 10.8. The highest BCUT2D eigenvalue weighted by Crippen LogP contribution is 2.29. The first-order valence-electron chi connectivity index (χ1n) is 4.42. The molecule has 1 atom stereocenters. The van der Waals surface area contributed by atoms with Crippen molar-refractivity contribution in [3.63, 3.8) is 0 Å². The number of hydrogen-bond acceptors (Lipinski definition) is 2. The van der Waals surface area contributed by atoms with Gasteiger partial charge in [0.25, 0.3) is 0 Å². The second-order valence-corrected chi connectivity index (χ2v) is 4.48. The van der Waals surface area contributed by atoms with Crippen LogP contribution in [0.5, 0.6) is 0 Å². The maximum Gasteiger partial charge on any atom is 0.125 e. The third-order valence-electron chi connectivity index (χ3n) is 2.15. The molecule has 2 rings (SSSR count). The van der Waals surface area contributed by atoms with Crippen molar-refractivity contribution in [1.29, 1.82) is 0 Å². The monoisotopic (exact) mass is 285 g/mol. The van der Waals surface area contributed by atoms with Crippen LogP contribution in [0.25, 0.3) is 0 Å². The van der Waals surface area contributed by atoms with Crippen LogP contribution in [0.1, 0.15) is 17.4 Å². The van der Waals surface area contributed by atoms with Crippen LogP contribution in [0.15, 0.2) is 45.5 Å². The number of furan rings is 1. The van der Waals surface area contributed by atoms with Crippen LogP contribution < -0.4 is 5.73 Å². The summed E-state index contributed by atoms with van der Waals surface area (Å²) in [5.74, 6) is 0.708. The predicted octanol–water partition coefficient (Wildman–Crippen LogP) is 3.74. The first-order valence-corrected chi connectivity index (χ1v) is 5.59. The Kier molecular flexibility index (Phi) is 3.14. The van der Waals surface area contributed by atoms with Crippen molar-refractivity contribution in [2.75, 3.05) is 0 Å². The summed E-state index contributed by atoms with van der Waals surface area (Å²) in [7, 11) is 0. The van der Waals surface area contributed by atoms with E-state index in [2.05, 4.69) is 15.9 Å². The topological polar surface area (TPSA) is 39.2 Å². The van der Waals surface area contributed by atoms with E-state index in [0.717, 1.165) is 10.0 Å². The minimum atomic E-state index is -0.319. The molecule has 0 bridgehead atoms. The molecule has 2 nitrogen and oxygen atoms in total. The van der Waals surface area contributed by atoms with Gasteiger partial charge in [0.1, 0.15) is 5.76 Å². The van der Waals surface area contributed by atoms with Crippen LogP contribution in [0.4, 0.5) is 0 Å². The first-order chi connectivity index (χ1) is 7.18. The summed E-state index contributed by atoms with van der Waals surface area (Å²) in [6.45, 7) is 0. The van der Waals surface area contributed by atoms with Crippen molar-refractivity contribution < 1.29 is 4.42 Å². The van der Waals surface area contributed by atoms with Crippen LogP contribution in [-0.2, 0) is 0 Å². The van der Waals surface area contributed by atoms with Crippen molar-refractivity contribution in [2.24, 2.45) is 5.73 Å². The van der Waals surface area contributed by atoms with Gasteiger partial charge in [0, 0.05) is 9.50 Å². The van der Waals surface area contributed by atoms with Crippen LogP contribution in [0.3, 0.4) is 0 Å². The largest absolute Gasteiger partial charge is 0.467 e. The molecule has 1 unspecified atom stereocenters. The summed E-state index contributed by atoms with van der Waals surface area (Å²) in [4.78, 5) is 0. The molecule has 2 aromatic rings. The Morgan fingerprint density at radius 3 is 2.73 bits per heavy atom. The Morgan fingerprint density at radius 1 is 1.33 bits per heavy atom. The first kappa shape index (κ1) is 10.7. The van der Waals surface area contributed by atoms with Crippen molar-refractivity contribution in [2.45, 2.75) is 6.04 Å². The lowest BCUT2D eigenvalue weighted by Crippen LogP contribution is -2.11. The molecule has 15 heavy (non-hydrogen) atoms. The molecule has 78 valence electrons. The zero-order valence-corrected chi connectivity index (χ0v) is 10.1. The van der Waals surface area contributed by atoms with E-state index in [-0.39, 0.29) is 6.04 Å². The fourth-order valence-electron chi connectivity index (χ4n) is 1.38. The third-order valence-corrected chi connectivity index (χ3v) is 2.97. The number of benzene rings is 1. The molecule has 0 radical (unpaired) electrons. The molecule has 1 aromatic carbocycles. The van der Waals surface area contributed by atoms with Gasteiger partial charge in [-0.1, -0.05) is 33.6 Å². The molecule has 0 saturated carbocycles. The Bertz CT molecular complexity index is 456. The lowest BCUT2D eigenvalue weighted by atomic mass is 10.1. The standard InChI is InChI=1S/C11H9BrClNO/c12-7-3-4-8(9(13)6-7)11(14)10-2-1-5-15-10/h1-6,11H,14H2. The van der Waals surface area contributed by atoms with Gasteiger partial charge in [-0.3, -0.25) is 0 Å². The van der Waals surface area contributed by atoms with Gasteiger partial charge in [-0.05, 0) is 29.8 Å². The second-order valence-electron chi connectivity index (χ2n) is 3.16. The molecule has 0 aliphatic carbocycles. The summed E-state index contributed by atoms with van der Waals surface area (Å²) in [5.41, 5.74) is 6.87. The lowest BCUT2D eigenvalue weighted by Gasteiger charge is -2.11. The summed E-state index contributed by atoms with van der Waals surface area (Å²) < 4.78 is 6.17. The van der Waals surface area contributed by atoms with Gasteiger partial charge >= 0.3 is 0 Å². The van der Waals surface area contributed by atoms with E-state index in [1.54, 1.807) is 6.26 Å². The van der Waals surface area contributed by atoms with E-state index in [1.165, 1.54) is 0 Å². The molecule has 0 aliphatic heterocycles. The van der Waals surface area contributed by atoms with Crippen LogP contribution >= 0.6 is 27.5 Å². The summed E-state index contributed by atoms with van der Waals surface area (Å²) in [6, 6.07) is 8.94. The molecular formula is C11H9BrClNO. The van der Waals surface area contributed by atoms with Crippen molar-refractivity contribution in [1.82, 2.24) is 0 Å². The summed E-state index contributed by atoms with van der Waals surface area (Å²) in [6.07, 6.45) is 1.60. The average Bonchev–Trinajstić information content (AvgIpc) is 2.69. The molecule has 1 aromatic heterocycles. The molecule has 2 N–H and O–H groups in total. The quantitative estimate of drug-likeness (QED) is 0.913. The van der Waals surface area contributed by atoms with E-state index >= 15 is 0 Å². The Labute approximate surface area is 101 Å². The number of hydrogen-bond donors (Lipinski definition) is 1. The van der Waals surface area contributed by atoms with Crippen LogP contribution in [-0.4, -0.2) is 0 Å². The Hall–Kier alpha value is -0.770. The highest BCUT2D eigenvalue weighted by molar-refractivity contribution is 9.10. The van der Waals surface area contributed by atoms with E-state index in [0.29, 0.717) is 10.8 Å². The minimum absolute atomic E-state index is 0.319. The van der Waals surface area contributed by atoms with Crippen LogP contribution in [0.2, 0.25) is 5.02 Å². The van der Waals surface area contributed by atoms with Gasteiger partial charge in [0.2, 0.25) is 0 Å². The molecule has 0 amide bonds. The number of nitrogens with two attached hydrogens (primary N) is 1. The van der Waals surface area contributed by atoms with E-state index < -0.39 is 0 Å². The smallest absolute Gasteiger partial charge is 0.125 e. The van der Waals surface area contributed by atoms with Gasteiger partial charge < -0.3 is 10.2 Å². The third kappa shape index (κ3) is 2.25. The normalized spacial score (nSPS) is 12.7. The van der Waals surface area contributed by atoms with E-state index in [4.69, 9.17) is 21.8 Å². The maximum atomic E-state index is 6.09. The molecule has 4 heteroatoms.